The van der Waals surface area contributed by atoms with Crippen LogP contribution in [0.4, 0.5) is 5.69 Å². The van der Waals surface area contributed by atoms with E-state index in [0.717, 1.165) is 44.7 Å². The summed E-state index contributed by atoms with van der Waals surface area (Å²) in [6.07, 6.45) is 6.25. The molecule has 0 amide bonds. The molecule has 0 saturated carbocycles. The van der Waals surface area contributed by atoms with Gasteiger partial charge in [-0.15, -0.1) is 0 Å². The third kappa shape index (κ3) is 4.33. The highest BCUT2D eigenvalue weighted by Gasteiger charge is 2.23. The summed E-state index contributed by atoms with van der Waals surface area (Å²) in [6.45, 7) is 10.2. The van der Waals surface area contributed by atoms with Crippen LogP contribution in [0.15, 0.2) is 35.3 Å². The summed E-state index contributed by atoms with van der Waals surface area (Å²) in [5.74, 6) is 0. The van der Waals surface area contributed by atoms with Crippen molar-refractivity contribution in [1.82, 2.24) is 15.2 Å². The maximum absolute atomic E-state index is 5.06. The van der Waals surface area contributed by atoms with E-state index in [1.165, 1.54) is 67.1 Å². The summed E-state index contributed by atoms with van der Waals surface area (Å²) in [7, 11) is 0. The van der Waals surface area contributed by atoms with E-state index in [2.05, 4.69) is 57.4 Å². The molecule has 5 heteroatoms. The smallest absolute Gasteiger partial charge is 0.0740 e. The molecular formula is C25H35N5. The minimum atomic E-state index is 0.328. The van der Waals surface area contributed by atoms with Crippen LogP contribution >= 0.6 is 0 Å². The Hall–Kier alpha value is -2.11. The maximum Gasteiger partial charge on any atom is 0.0740 e. The topological polar surface area (TPSA) is 46.7 Å². The van der Waals surface area contributed by atoms with Crippen molar-refractivity contribution < 1.29 is 0 Å². The molecule has 5 nitrogen and oxygen atoms in total. The molecule has 2 N–H and O–H groups in total. The predicted octanol–water partition coefficient (Wildman–Crippen LogP) is 3.23. The predicted molar refractivity (Wildman–Crippen MR) is 125 cm³/mol. The van der Waals surface area contributed by atoms with Crippen LogP contribution in [-0.4, -0.2) is 67.5 Å². The molecule has 1 unspecified atom stereocenters. The molecule has 3 aliphatic heterocycles. The number of aromatic nitrogens is 1. The molecule has 0 spiro atoms. The summed E-state index contributed by atoms with van der Waals surface area (Å²) < 4.78 is 0. The van der Waals surface area contributed by atoms with Gasteiger partial charge in [0.1, 0.15) is 0 Å². The highest BCUT2D eigenvalue weighted by molar-refractivity contribution is 6.14. The summed E-state index contributed by atoms with van der Waals surface area (Å²) in [5, 5.41) is 3.43. The summed E-state index contributed by atoms with van der Waals surface area (Å²) >= 11 is 0. The fraction of sp³-hybridized carbons (Fsp3) is 0.560. The van der Waals surface area contributed by atoms with Crippen LogP contribution in [0.1, 0.15) is 48.7 Å². The number of nitrogens with one attached hydrogen (secondary N) is 2. The van der Waals surface area contributed by atoms with Gasteiger partial charge >= 0.3 is 0 Å². The Balaban J connectivity index is 1.32. The lowest BCUT2D eigenvalue weighted by Crippen LogP contribution is -2.43. The molecule has 160 valence electrons. The molecule has 30 heavy (non-hydrogen) atoms. The molecule has 1 aromatic carbocycles. The van der Waals surface area contributed by atoms with Crippen molar-refractivity contribution in [3.8, 4) is 0 Å². The number of H-pyrrole nitrogens is 1. The second kappa shape index (κ2) is 8.94. The third-order valence-corrected chi connectivity index (χ3v) is 6.83. The fourth-order valence-electron chi connectivity index (χ4n) is 5.14. The Morgan fingerprint density at radius 2 is 1.77 bits per heavy atom. The summed E-state index contributed by atoms with van der Waals surface area (Å²) in [4.78, 5) is 13.9. The van der Waals surface area contributed by atoms with Crippen molar-refractivity contribution >= 4 is 11.4 Å². The van der Waals surface area contributed by atoms with E-state index >= 15 is 0 Å². The molecule has 0 aliphatic carbocycles. The van der Waals surface area contributed by atoms with E-state index in [0.29, 0.717) is 6.04 Å². The monoisotopic (exact) mass is 405 g/mol. The first-order valence-corrected chi connectivity index (χ1v) is 11.8. The third-order valence-electron chi connectivity index (χ3n) is 6.83. The number of piperidine rings is 1. The number of aromatic amines is 1. The van der Waals surface area contributed by atoms with Gasteiger partial charge in [0.15, 0.2) is 0 Å². The van der Waals surface area contributed by atoms with E-state index in [1.807, 2.05) is 0 Å². The minimum Gasteiger partial charge on any atom is -0.369 e. The number of benzene rings is 1. The molecule has 0 radical (unpaired) electrons. The number of hydrogen-bond donors (Lipinski definition) is 2. The van der Waals surface area contributed by atoms with E-state index < -0.39 is 0 Å². The van der Waals surface area contributed by atoms with Crippen molar-refractivity contribution in [2.75, 3.05) is 50.7 Å². The van der Waals surface area contributed by atoms with Crippen LogP contribution < -0.4 is 10.2 Å². The van der Waals surface area contributed by atoms with Gasteiger partial charge in [0, 0.05) is 73.8 Å². The van der Waals surface area contributed by atoms with E-state index in [-0.39, 0.29) is 0 Å². The first kappa shape index (κ1) is 19.8. The van der Waals surface area contributed by atoms with Crippen molar-refractivity contribution in [2.24, 2.45) is 4.99 Å². The van der Waals surface area contributed by atoms with Crippen molar-refractivity contribution in [3.63, 3.8) is 0 Å². The fourth-order valence-corrected chi connectivity index (χ4v) is 5.14. The van der Waals surface area contributed by atoms with Gasteiger partial charge in [-0.1, -0.05) is 18.6 Å². The van der Waals surface area contributed by atoms with Crippen molar-refractivity contribution in [3.05, 3.63) is 52.8 Å². The van der Waals surface area contributed by atoms with Crippen LogP contribution in [0.5, 0.6) is 0 Å². The van der Waals surface area contributed by atoms with E-state index in [4.69, 9.17) is 4.99 Å². The number of rotatable bonds is 5. The van der Waals surface area contributed by atoms with Gasteiger partial charge in [0.05, 0.1) is 11.8 Å². The zero-order chi connectivity index (χ0) is 20.3. The standard InChI is InChI=1S/C25H35N5/c1-19-17-24-23(18-21(28-24)9-14-29-12-3-2-4-13-29)25(27-19)20-5-7-22(8-6-20)30-15-10-26-11-16-30/h5-8,18-19,26,28H,2-4,9-17H2,1H3. The van der Waals surface area contributed by atoms with Crippen LogP contribution in [0.25, 0.3) is 0 Å². The summed E-state index contributed by atoms with van der Waals surface area (Å²) in [5.41, 5.74) is 7.77. The lowest BCUT2D eigenvalue weighted by Gasteiger charge is -2.29. The quantitative estimate of drug-likeness (QED) is 0.803. The molecule has 2 aromatic rings. The zero-order valence-corrected chi connectivity index (χ0v) is 18.3. The molecule has 0 bridgehead atoms. The van der Waals surface area contributed by atoms with Gasteiger partial charge in [0.25, 0.3) is 0 Å². The number of fused-ring (bicyclic) bond motifs is 1. The Morgan fingerprint density at radius 1 is 1.00 bits per heavy atom. The molecule has 5 rings (SSSR count). The number of anilines is 1. The van der Waals surface area contributed by atoms with Crippen molar-refractivity contribution in [2.45, 2.75) is 45.1 Å². The Bertz CT molecular complexity index is 869. The molecule has 1 aromatic heterocycles. The second-order valence-corrected chi connectivity index (χ2v) is 9.15. The van der Waals surface area contributed by atoms with Gasteiger partial charge in [-0.3, -0.25) is 4.99 Å². The zero-order valence-electron chi connectivity index (χ0n) is 18.3. The SMILES string of the molecule is CC1Cc2[nH]c(CCN3CCCCC3)cc2C(c2ccc(N3CCNCC3)cc2)=N1. The van der Waals surface area contributed by atoms with Gasteiger partial charge < -0.3 is 20.1 Å². The molecular weight excluding hydrogens is 370 g/mol. The summed E-state index contributed by atoms with van der Waals surface area (Å²) in [6, 6.07) is 11.8. The highest BCUT2D eigenvalue weighted by Crippen LogP contribution is 2.26. The first-order chi connectivity index (χ1) is 14.8. The Kier molecular flexibility index (Phi) is 5.91. The van der Waals surface area contributed by atoms with E-state index in [1.54, 1.807) is 0 Å². The van der Waals surface area contributed by atoms with Crippen LogP contribution in [0, 0.1) is 0 Å². The maximum atomic E-state index is 5.06. The van der Waals surface area contributed by atoms with E-state index in [9.17, 15) is 0 Å². The molecule has 3 aliphatic rings. The second-order valence-electron chi connectivity index (χ2n) is 9.15. The number of likely N-dealkylation sites (tertiary alicyclic amines) is 1. The largest absolute Gasteiger partial charge is 0.369 e. The van der Waals surface area contributed by atoms with Gasteiger partial charge in [-0.05, 0) is 51.1 Å². The van der Waals surface area contributed by atoms with Crippen molar-refractivity contribution in [1.29, 1.82) is 0 Å². The van der Waals surface area contributed by atoms with Crippen LogP contribution in [0.3, 0.4) is 0 Å². The number of piperazine rings is 1. The normalized spacial score (nSPS) is 22.6. The number of aliphatic imine (C=N–C) groups is 1. The average Bonchev–Trinajstić information content (AvgIpc) is 3.21. The average molecular weight is 406 g/mol. The lowest BCUT2D eigenvalue weighted by atomic mass is 9.95. The number of nitrogens with zero attached hydrogens (tertiary/aromatic N) is 3. The Morgan fingerprint density at radius 3 is 2.53 bits per heavy atom. The molecule has 2 saturated heterocycles. The lowest BCUT2D eigenvalue weighted by molar-refractivity contribution is 0.231. The molecule has 2 fully saturated rings. The Labute approximate surface area is 180 Å². The van der Waals surface area contributed by atoms with Gasteiger partial charge in [-0.2, -0.15) is 0 Å². The van der Waals surface area contributed by atoms with Gasteiger partial charge in [0.2, 0.25) is 0 Å². The van der Waals surface area contributed by atoms with Crippen LogP contribution in [-0.2, 0) is 12.8 Å². The van der Waals surface area contributed by atoms with Gasteiger partial charge in [-0.25, -0.2) is 0 Å². The molecule has 4 heterocycles. The number of hydrogen-bond acceptors (Lipinski definition) is 4. The highest BCUT2D eigenvalue weighted by atomic mass is 15.2. The molecule has 1 atom stereocenters. The minimum absolute atomic E-state index is 0.328. The van der Waals surface area contributed by atoms with Crippen LogP contribution in [0.2, 0.25) is 0 Å². The first-order valence-electron chi connectivity index (χ1n) is 11.8.